The summed E-state index contributed by atoms with van der Waals surface area (Å²) in [6.07, 6.45) is 1.73. The number of aliphatic hydroxyl groups is 1. The number of hydrogen-bond donors (Lipinski definition) is 2. The number of likely N-dealkylation sites (tertiary alicyclic amines) is 1. The number of ether oxygens (including phenoxy) is 1. The van der Waals surface area contributed by atoms with Crippen LogP contribution in [0.25, 0.3) is 0 Å². The first kappa shape index (κ1) is 28.7. The van der Waals surface area contributed by atoms with E-state index in [1.54, 1.807) is 19.4 Å². The number of methoxy groups -OCH3 is 1. The van der Waals surface area contributed by atoms with Crippen molar-refractivity contribution in [2.45, 2.75) is 75.4 Å². The standard InChI is InChI=1S/C27H35F3N4O3S/c1-31-22(18-4-3-5-19(14-18)27(28,29)30)6-7-24(35)33-20-10-13-34(16-20)21-8-11-26(36,12-9-21)23-15-32-25(38-23)17-37-2/h3-5,14-15,20-21,36H,6-13,16-17H2,1-2H3,(H,33,35)/b31-22+/t20-,21?,26?/m1/s1. The topological polar surface area (TPSA) is 87.1 Å². The Bertz CT molecular complexity index is 1130. The molecule has 0 unspecified atom stereocenters. The molecular weight excluding hydrogens is 517 g/mol. The number of amides is 1. The van der Waals surface area contributed by atoms with E-state index in [2.05, 4.69) is 20.2 Å². The third-order valence-electron chi connectivity index (χ3n) is 7.55. The summed E-state index contributed by atoms with van der Waals surface area (Å²) in [6.45, 7) is 2.09. The second kappa shape index (κ2) is 12.2. The lowest BCUT2D eigenvalue weighted by Crippen LogP contribution is -2.43. The van der Waals surface area contributed by atoms with Gasteiger partial charge in [0.2, 0.25) is 5.91 Å². The van der Waals surface area contributed by atoms with Gasteiger partial charge in [-0.15, -0.1) is 11.3 Å². The predicted octanol–water partition coefficient (Wildman–Crippen LogP) is 4.53. The van der Waals surface area contributed by atoms with E-state index in [9.17, 15) is 23.1 Å². The zero-order chi connectivity index (χ0) is 27.3. The third kappa shape index (κ3) is 6.99. The number of rotatable bonds is 9. The normalized spacial score (nSPS) is 25.1. The van der Waals surface area contributed by atoms with Gasteiger partial charge in [-0.2, -0.15) is 13.2 Å². The van der Waals surface area contributed by atoms with Gasteiger partial charge in [0.1, 0.15) is 10.6 Å². The fourth-order valence-electron chi connectivity index (χ4n) is 5.44. The Hall–Kier alpha value is -2.34. The molecule has 2 aliphatic rings. The van der Waals surface area contributed by atoms with Gasteiger partial charge in [-0.05, 0) is 56.2 Å². The van der Waals surface area contributed by atoms with Gasteiger partial charge in [0.05, 0.1) is 17.0 Å². The van der Waals surface area contributed by atoms with E-state index in [1.165, 1.54) is 24.5 Å². The highest BCUT2D eigenvalue weighted by Gasteiger charge is 2.39. The van der Waals surface area contributed by atoms with Crippen LogP contribution >= 0.6 is 11.3 Å². The highest BCUT2D eigenvalue weighted by molar-refractivity contribution is 7.11. The van der Waals surface area contributed by atoms with Crippen molar-refractivity contribution in [3.63, 3.8) is 0 Å². The summed E-state index contributed by atoms with van der Waals surface area (Å²) in [5, 5.41) is 15.2. The van der Waals surface area contributed by atoms with Crippen LogP contribution < -0.4 is 5.32 Å². The Morgan fingerprint density at radius 2 is 2.05 bits per heavy atom. The van der Waals surface area contributed by atoms with E-state index in [1.807, 2.05) is 0 Å². The molecule has 1 atom stereocenters. The van der Waals surface area contributed by atoms with E-state index in [4.69, 9.17) is 4.74 Å². The summed E-state index contributed by atoms with van der Waals surface area (Å²) in [5.74, 6) is -0.125. The summed E-state index contributed by atoms with van der Waals surface area (Å²) in [4.78, 5) is 24.4. The van der Waals surface area contributed by atoms with Crippen LogP contribution in [0, 0.1) is 0 Å². The zero-order valence-corrected chi connectivity index (χ0v) is 22.6. The molecule has 7 nitrogen and oxygen atoms in total. The third-order valence-corrected chi connectivity index (χ3v) is 8.71. The number of carbonyl (C=O) groups excluding carboxylic acids is 1. The molecule has 2 heterocycles. The average Bonchev–Trinajstić information content (AvgIpc) is 3.55. The average molecular weight is 553 g/mol. The molecule has 208 valence electrons. The molecule has 0 spiro atoms. The van der Waals surface area contributed by atoms with E-state index < -0.39 is 17.3 Å². The second-order valence-electron chi connectivity index (χ2n) is 10.1. The molecule has 1 aromatic carbocycles. The van der Waals surface area contributed by atoms with Crippen molar-refractivity contribution in [3.05, 3.63) is 51.5 Å². The highest BCUT2D eigenvalue weighted by atomic mass is 32.1. The van der Waals surface area contributed by atoms with Crippen molar-refractivity contribution >= 4 is 23.0 Å². The van der Waals surface area contributed by atoms with Crippen molar-refractivity contribution in [1.29, 1.82) is 0 Å². The molecule has 2 N–H and O–H groups in total. The van der Waals surface area contributed by atoms with Gasteiger partial charge in [0.25, 0.3) is 0 Å². The number of alkyl halides is 3. The largest absolute Gasteiger partial charge is 0.416 e. The van der Waals surface area contributed by atoms with Crippen molar-refractivity contribution in [3.8, 4) is 0 Å². The minimum Gasteiger partial charge on any atom is -0.384 e. The Morgan fingerprint density at radius 1 is 1.29 bits per heavy atom. The van der Waals surface area contributed by atoms with Crippen molar-refractivity contribution in [2.24, 2.45) is 4.99 Å². The second-order valence-corrected chi connectivity index (χ2v) is 11.2. The van der Waals surface area contributed by atoms with Gasteiger partial charge >= 0.3 is 6.18 Å². The molecule has 1 amide bonds. The van der Waals surface area contributed by atoms with E-state index >= 15 is 0 Å². The number of thiazole rings is 1. The van der Waals surface area contributed by atoms with Gasteiger partial charge in [-0.25, -0.2) is 4.98 Å². The Labute approximate surface area is 225 Å². The van der Waals surface area contributed by atoms with Gasteiger partial charge in [0, 0.05) is 57.7 Å². The van der Waals surface area contributed by atoms with Crippen LogP contribution in [0.1, 0.15) is 66.0 Å². The maximum Gasteiger partial charge on any atom is 0.416 e. The van der Waals surface area contributed by atoms with Crippen LogP contribution in [0.3, 0.4) is 0 Å². The number of carbonyl (C=O) groups is 1. The van der Waals surface area contributed by atoms with Crippen LogP contribution in [0.2, 0.25) is 0 Å². The maximum absolute atomic E-state index is 13.1. The Kier molecular flexibility index (Phi) is 9.23. The monoisotopic (exact) mass is 552 g/mol. The first-order chi connectivity index (χ1) is 18.1. The van der Waals surface area contributed by atoms with Gasteiger partial charge in [0.15, 0.2) is 0 Å². The molecule has 4 rings (SSSR count). The summed E-state index contributed by atoms with van der Waals surface area (Å²) in [6, 6.07) is 5.45. The number of benzene rings is 1. The molecule has 2 fully saturated rings. The lowest BCUT2D eigenvalue weighted by atomic mass is 9.81. The van der Waals surface area contributed by atoms with Crippen LogP contribution in [-0.2, 0) is 27.9 Å². The van der Waals surface area contributed by atoms with Crippen LogP contribution in [-0.4, -0.2) is 65.9 Å². The van der Waals surface area contributed by atoms with Crippen LogP contribution in [0.15, 0.2) is 35.5 Å². The van der Waals surface area contributed by atoms with Crippen molar-refractivity contribution < 1.29 is 27.8 Å². The lowest BCUT2D eigenvalue weighted by Gasteiger charge is -2.39. The van der Waals surface area contributed by atoms with Crippen molar-refractivity contribution in [1.82, 2.24) is 15.2 Å². The van der Waals surface area contributed by atoms with Gasteiger partial charge in [-0.1, -0.05) is 12.1 Å². The van der Waals surface area contributed by atoms with E-state index in [0.29, 0.717) is 36.8 Å². The molecule has 2 aromatic rings. The number of halogens is 3. The van der Waals surface area contributed by atoms with Gasteiger partial charge in [-0.3, -0.25) is 14.7 Å². The Morgan fingerprint density at radius 3 is 2.74 bits per heavy atom. The summed E-state index contributed by atoms with van der Waals surface area (Å²) in [7, 11) is 3.16. The van der Waals surface area contributed by atoms with Crippen LogP contribution in [0.4, 0.5) is 13.2 Å². The molecule has 1 aromatic heterocycles. The summed E-state index contributed by atoms with van der Waals surface area (Å²) >= 11 is 1.51. The smallest absolute Gasteiger partial charge is 0.384 e. The number of nitrogens with zero attached hydrogens (tertiary/aromatic N) is 3. The molecule has 1 aliphatic carbocycles. The summed E-state index contributed by atoms with van der Waals surface area (Å²) in [5.41, 5.74) is -0.710. The van der Waals surface area contributed by atoms with Gasteiger partial charge < -0.3 is 15.2 Å². The highest BCUT2D eigenvalue weighted by Crippen LogP contribution is 2.41. The maximum atomic E-state index is 13.1. The fourth-order valence-corrected chi connectivity index (χ4v) is 6.47. The predicted molar refractivity (Wildman–Crippen MR) is 140 cm³/mol. The minimum absolute atomic E-state index is 0.0389. The molecule has 11 heteroatoms. The number of hydrogen-bond acceptors (Lipinski definition) is 7. The number of nitrogens with one attached hydrogen (secondary N) is 1. The number of aromatic nitrogens is 1. The van der Waals surface area contributed by atoms with Crippen LogP contribution in [0.5, 0.6) is 0 Å². The molecular formula is C27H35F3N4O3S. The first-order valence-electron chi connectivity index (χ1n) is 12.9. The van der Waals surface area contributed by atoms with E-state index in [0.717, 1.165) is 54.4 Å². The molecule has 0 radical (unpaired) electrons. The molecule has 0 bridgehead atoms. The summed E-state index contributed by atoms with van der Waals surface area (Å²) < 4.78 is 44.3. The quantitative estimate of drug-likeness (QED) is 0.447. The molecule has 1 aliphatic heterocycles. The lowest BCUT2D eigenvalue weighted by molar-refractivity contribution is -0.137. The zero-order valence-electron chi connectivity index (χ0n) is 21.8. The number of aliphatic imine (C=N–C) groups is 1. The van der Waals surface area contributed by atoms with Crippen molar-refractivity contribution in [2.75, 3.05) is 27.2 Å². The minimum atomic E-state index is -4.42. The first-order valence-corrected chi connectivity index (χ1v) is 13.8. The molecule has 1 saturated carbocycles. The SMILES string of the molecule is C/N=C(\CCC(=O)N[C@@H]1CCN(C2CCC(O)(c3cnc(COC)s3)CC2)C1)c1cccc(C(F)(F)F)c1. The Balaban J connectivity index is 1.23. The van der Waals surface area contributed by atoms with E-state index in [-0.39, 0.29) is 24.8 Å². The fraction of sp³-hybridized carbons (Fsp3) is 0.593. The molecule has 38 heavy (non-hydrogen) atoms. The molecule has 1 saturated heterocycles.